The van der Waals surface area contributed by atoms with Crippen molar-refractivity contribution in [2.75, 3.05) is 0 Å². The summed E-state index contributed by atoms with van der Waals surface area (Å²) in [4.78, 5) is 36.6. The molecular weight excluding hydrogens is 400 g/mol. The first-order valence-corrected chi connectivity index (χ1v) is 10.0. The average molecular weight is 428 g/mol. The summed E-state index contributed by atoms with van der Waals surface area (Å²) in [5, 5.41) is 23.9. The van der Waals surface area contributed by atoms with Crippen molar-refractivity contribution in [1.29, 1.82) is 0 Å². The molecule has 0 saturated heterocycles. The van der Waals surface area contributed by atoms with Gasteiger partial charge >= 0.3 is 12.1 Å². The molecule has 31 heavy (non-hydrogen) atoms. The van der Waals surface area contributed by atoms with Gasteiger partial charge in [-0.25, -0.2) is 9.59 Å². The van der Waals surface area contributed by atoms with E-state index < -0.39 is 30.1 Å². The number of phenols is 1. The predicted octanol–water partition coefficient (Wildman–Crippen LogP) is 2.85. The molecule has 0 saturated carbocycles. The van der Waals surface area contributed by atoms with E-state index in [1.165, 1.54) is 12.1 Å². The number of hydrogen-bond donors (Lipinski definition) is 4. The van der Waals surface area contributed by atoms with Crippen LogP contribution < -0.4 is 10.6 Å². The fraction of sp³-hybridized carbons (Fsp3) is 0.348. The van der Waals surface area contributed by atoms with E-state index in [2.05, 4.69) is 10.6 Å². The summed E-state index contributed by atoms with van der Waals surface area (Å²) >= 11 is 0. The van der Waals surface area contributed by atoms with E-state index in [4.69, 9.17) is 4.74 Å². The normalized spacial score (nSPS) is 12.6. The van der Waals surface area contributed by atoms with Crippen molar-refractivity contribution in [3.05, 3.63) is 65.7 Å². The Morgan fingerprint density at radius 3 is 2.13 bits per heavy atom. The molecule has 0 aliphatic carbocycles. The molecule has 0 spiro atoms. The molecule has 166 valence electrons. The molecule has 2 aromatic rings. The number of rotatable bonds is 10. The average Bonchev–Trinajstić information content (AvgIpc) is 2.73. The fourth-order valence-electron chi connectivity index (χ4n) is 2.95. The number of aliphatic carboxylic acids is 1. The van der Waals surface area contributed by atoms with Gasteiger partial charge in [0.15, 0.2) is 0 Å². The number of ether oxygens (including phenoxy) is 1. The van der Waals surface area contributed by atoms with E-state index in [0.717, 1.165) is 5.56 Å². The number of carbonyl (C=O) groups excluding carboxylic acids is 2. The first kappa shape index (κ1) is 23.7. The highest BCUT2D eigenvalue weighted by Crippen LogP contribution is 2.12. The first-order valence-electron chi connectivity index (χ1n) is 10.0. The van der Waals surface area contributed by atoms with Crippen molar-refractivity contribution in [2.45, 2.75) is 45.4 Å². The molecule has 2 atom stereocenters. The van der Waals surface area contributed by atoms with Crippen LogP contribution >= 0.6 is 0 Å². The molecule has 2 amide bonds. The summed E-state index contributed by atoms with van der Waals surface area (Å²) in [6.07, 6.45) is -0.440. The Morgan fingerprint density at radius 1 is 0.903 bits per heavy atom. The Balaban J connectivity index is 2.08. The topological polar surface area (TPSA) is 125 Å². The summed E-state index contributed by atoms with van der Waals surface area (Å²) < 4.78 is 5.20. The van der Waals surface area contributed by atoms with E-state index in [9.17, 15) is 24.6 Å². The smallest absolute Gasteiger partial charge is 0.408 e. The Hall–Kier alpha value is -3.55. The standard InChI is InChI=1S/C23H28N2O6/c1-15(2)12-20(22(28)29)24-21(27)19(13-16-8-10-18(26)11-9-16)25-23(30)31-14-17-6-4-3-5-7-17/h3-11,15,19-20,26H,12-14H2,1-2H3,(H,24,27)(H,25,30)(H,28,29). The minimum Gasteiger partial charge on any atom is -0.508 e. The summed E-state index contributed by atoms with van der Waals surface area (Å²) in [6.45, 7) is 3.75. The van der Waals surface area contributed by atoms with Crippen molar-refractivity contribution in [1.82, 2.24) is 10.6 Å². The minimum atomic E-state index is -1.14. The third-order valence-corrected chi connectivity index (χ3v) is 4.52. The molecule has 0 heterocycles. The highest BCUT2D eigenvalue weighted by Gasteiger charge is 2.27. The van der Waals surface area contributed by atoms with Gasteiger partial charge in [-0.05, 0) is 35.6 Å². The number of hydrogen-bond acceptors (Lipinski definition) is 5. The van der Waals surface area contributed by atoms with Crippen LogP contribution in [-0.2, 0) is 27.4 Å². The maximum absolute atomic E-state index is 12.8. The van der Waals surface area contributed by atoms with E-state index in [1.807, 2.05) is 32.0 Å². The molecule has 0 bridgehead atoms. The van der Waals surface area contributed by atoms with Gasteiger partial charge in [-0.1, -0.05) is 56.3 Å². The number of benzene rings is 2. The van der Waals surface area contributed by atoms with E-state index in [1.54, 1.807) is 24.3 Å². The number of carboxylic acid groups (broad SMARTS) is 1. The van der Waals surface area contributed by atoms with Crippen LogP contribution in [0.4, 0.5) is 4.79 Å². The predicted molar refractivity (Wildman–Crippen MR) is 114 cm³/mol. The van der Waals surface area contributed by atoms with Gasteiger partial charge in [0.05, 0.1) is 0 Å². The number of carboxylic acids is 1. The zero-order valence-electron chi connectivity index (χ0n) is 17.6. The van der Waals surface area contributed by atoms with Crippen LogP contribution in [0.2, 0.25) is 0 Å². The molecule has 0 aliphatic heterocycles. The molecule has 2 unspecified atom stereocenters. The molecule has 0 aliphatic rings. The van der Waals surface area contributed by atoms with Crippen LogP contribution in [0.1, 0.15) is 31.4 Å². The van der Waals surface area contributed by atoms with E-state index in [0.29, 0.717) is 5.56 Å². The van der Waals surface area contributed by atoms with Gasteiger partial charge in [-0.2, -0.15) is 0 Å². The molecule has 4 N–H and O–H groups in total. The number of carbonyl (C=O) groups is 3. The molecule has 0 aromatic heterocycles. The quantitative estimate of drug-likeness (QED) is 0.461. The summed E-state index contributed by atoms with van der Waals surface area (Å²) in [5.41, 5.74) is 1.47. The van der Waals surface area contributed by atoms with Crippen LogP contribution in [0.15, 0.2) is 54.6 Å². The molecule has 2 rings (SSSR count). The van der Waals surface area contributed by atoms with Crippen LogP contribution in [0.3, 0.4) is 0 Å². The number of alkyl carbamates (subject to hydrolysis) is 1. The number of aromatic hydroxyl groups is 1. The van der Waals surface area contributed by atoms with E-state index in [-0.39, 0.29) is 31.1 Å². The minimum absolute atomic E-state index is 0.0331. The fourth-order valence-corrected chi connectivity index (χ4v) is 2.95. The maximum atomic E-state index is 12.8. The molecule has 2 aromatic carbocycles. The molecule has 0 fully saturated rings. The lowest BCUT2D eigenvalue weighted by molar-refractivity contribution is -0.142. The monoisotopic (exact) mass is 428 g/mol. The summed E-state index contributed by atoms with van der Waals surface area (Å²) in [6, 6.07) is 13.1. The van der Waals surface area contributed by atoms with Gasteiger partial charge < -0.3 is 25.6 Å². The Bertz CT molecular complexity index is 867. The van der Waals surface area contributed by atoms with Gasteiger partial charge in [-0.3, -0.25) is 4.79 Å². The van der Waals surface area contributed by atoms with Crippen LogP contribution in [0.5, 0.6) is 5.75 Å². The second-order valence-electron chi connectivity index (χ2n) is 7.66. The number of amides is 2. The SMILES string of the molecule is CC(C)CC(NC(=O)C(Cc1ccc(O)cc1)NC(=O)OCc1ccccc1)C(=O)O. The van der Waals surface area contributed by atoms with Gasteiger partial charge in [0.1, 0.15) is 24.4 Å². The summed E-state index contributed by atoms with van der Waals surface area (Å²) in [5.74, 6) is -1.64. The lowest BCUT2D eigenvalue weighted by atomic mass is 10.0. The van der Waals surface area contributed by atoms with Crippen molar-refractivity contribution in [2.24, 2.45) is 5.92 Å². The van der Waals surface area contributed by atoms with Crippen molar-refractivity contribution < 1.29 is 29.3 Å². The van der Waals surface area contributed by atoms with Crippen LogP contribution in [0, 0.1) is 5.92 Å². The number of phenolic OH excluding ortho intramolecular Hbond substituents is 1. The molecule has 0 radical (unpaired) electrons. The number of nitrogens with one attached hydrogen (secondary N) is 2. The first-order chi connectivity index (χ1) is 14.7. The Kier molecular flexibility index (Phi) is 8.87. The zero-order valence-corrected chi connectivity index (χ0v) is 17.6. The van der Waals surface area contributed by atoms with Crippen molar-refractivity contribution in [3.63, 3.8) is 0 Å². The van der Waals surface area contributed by atoms with Gasteiger partial charge in [0.25, 0.3) is 0 Å². The van der Waals surface area contributed by atoms with Crippen LogP contribution in [0.25, 0.3) is 0 Å². The highest BCUT2D eigenvalue weighted by molar-refractivity contribution is 5.89. The zero-order chi connectivity index (χ0) is 22.8. The molecule has 8 heteroatoms. The maximum Gasteiger partial charge on any atom is 0.408 e. The van der Waals surface area contributed by atoms with Crippen molar-refractivity contribution >= 4 is 18.0 Å². The Labute approximate surface area is 181 Å². The second kappa shape index (κ2) is 11.6. The largest absolute Gasteiger partial charge is 0.508 e. The highest BCUT2D eigenvalue weighted by atomic mass is 16.5. The lowest BCUT2D eigenvalue weighted by Crippen LogP contribution is -2.52. The third kappa shape index (κ3) is 8.38. The Morgan fingerprint density at radius 2 is 1.55 bits per heavy atom. The van der Waals surface area contributed by atoms with Gasteiger partial charge in [-0.15, -0.1) is 0 Å². The van der Waals surface area contributed by atoms with E-state index >= 15 is 0 Å². The van der Waals surface area contributed by atoms with Gasteiger partial charge in [0.2, 0.25) is 5.91 Å². The lowest BCUT2D eigenvalue weighted by Gasteiger charge is -2.22. The molecule has 8 nitrogen and oxygen atoms in total. The van der Waals surface area contributed by atoms with Crippen LogP contribution in [-0.4, -0.2) is 40.3 Å². The van der Waals surface area contributed by atoms with Gasteiger partial charge in [0, 0.05) is 6.42 Å². The summed E-state index contributed by atoms with van der Waals surface area (Å²) in [7, 11) is 0. The van der Waals surface area contributed by atoms with Crippen molar-refractivity contribution in [3.8, 4) is 5.75 Å². The molecular formula is C23H28N2O6. The second-order valence-corrected chi connectivity index (χ2v) is 7.66. The third-order valence-electron chi connectivity index (χ3n) is 4.52.